The first-order chi connectivity index (χ1) is 8.59. The number of aliphatic hydroxyl groups is 1. The molecule has 0 aliphatic heterocycles. The van der Waals surface area contributed by atoms with Crippen LogP contribution in [-0.4, -0.2) is 22.0 Å². The van der Waals surface area contributed by atoms with E-state index in [0.717, 1.165) is 16.5 Å². The standard InChI is InChI=1S/C12H8O4S2/c13-9(5-10(14)12(15)16)8-2-4-18-11(8)7-1-3-17-6-7/h1-6,13H,(H,15,16). The number of hydrogen-bond acceptors (Lipinski definition) is 5. The summed E-state index contributed by atoms with van der Waals surface area (Å²) in [6.07, 6.45) is 0.722. The van der Waals surface area contributed by atoms with Crippen LogP contribution in [-0.2, 0) is 9.59 Å². The normalized spacial score (nSPS) is 11.4. The van der Waals surface area contributed by atoms with E-state index in [1.807, 2.05) is 16.8 Å². The van der Waals surface area contributed by atoms with Gasteiger partial charge in [0.05, 0.1) is 0 Å². The molecule has 0 amide bonds. The Bertz CT molecular complexity index is 608. The van der Waals surface area contributed by atoms with Crippen LogP contribution in [0.5, 0.6) is 0 Å². The van der Waals surface area contributed by atoms with Gasteiger partial charge in [-0.15, -0.1) is 11.3 Å². The van der Waals surface area contributed by atoms with Crippen LogP contribution in [0.2, 0.25) is 0 Å². The van der Waals surface area contributed by atoms with Gasteiger partial charge in [-0.3, -0.25) is 4.79 Å². The van der Waals surface area contributed by atoms with Gasteiger partial charge in [0, 0.05) is 22.1 Å². The van der Waals surface area contributed by atoms with Crippen molar-refractivity contribution in [1.29, 1.82) is 0 Å². The molecule has 2 aromatic heterocycles. The van der Waals surface area contributed by atoms with Gasteiger partial charge < -0.3 is 10.2 Å². The van der Waals surface area contributed by atoms with Crippen molar-refractivity contribution in [3.05, 3.63) is 39.9 Å². The second-order valence-corrected chi connectivity index (χ2v) is 5.07. The van der Waals surface area contributed by atoms with Crippen molar-refractivity contribution in [2.24, 2.45) is 0 Å². The van der Waals surface area contributed by atoms with Gasteiger partial charge in [0.15, 0.2) is 0 Å². The molecule has 0 aliphatic rings. The van der Waals surface area contributed by atoms with Crippen molar-refractivity contribution in [2.45, 2.75) is 0 Å². The van der Waals surface area contributed by atoms with Gasteiger partial charge in [0.25, 0.3) is 5.78 Å². The molecule has 2 N–H and O–H groups in total. The van der Waals surface area contributed by atoms with Crippen molar-refractivity contribution in [3.8, 4) is 10.4 Å². The summed E-state index contributed by atoms with van der Waals surface area (Å²) in [5, 5.41) is 23.9. The summed E-state index contributed by atoms with van der Waals surface area (Å²) in [5.41, 5.74) is 1.40. The van der Waals surface area contributed by atoms with Gasteiger partial charge in [-0.25, -0.2) is 4.79 Å². The highest BCUT2D eigenvalue weighted by Gasteiger charge is 2.15. The average molecular weight is 280 g/mol. The van der Waals surface area contributed by atoms with E-state index < -0.39 is 11.8 Å². The predicted octanol–water partition coefficient (Wildman–Crippen LogP) is 3.03. The molecular formula is C12H8O4S2. The fraction of sp³-hybridized carbons (Fsp3) is 0. The molecule has 6 heteroatoms. The van der Waals surface area contributed by atoms with Gasteiger partial charge in [0.1, 0.15) is 5.76 Å². The summed E-state index contributed by atoms with van der Waals surface area (Å²) in [6.45, 7) is 0. The van der Waals surface area contributed by atoms with Crippen LogP contribution in [0.15, 0.2) is 34.3 Å². The van der Waals surface area contributed by atoms with E-state index in [1.165, 1.54) is 22.7 Å². The number of hydrogen-bond donors (Lipinski definition) is 2. The van der Waals surface area contributed by atoms with Crippen LogP contribution >= 0.6 is 22.7 Å². The van der Waals surface area contributed by atoms with Crippen LogP contribution in [0.25, 0.3) is 16.2 Å². The van der Waals surface area contributed by atoms with Crippen molar-refractivity contribution in [3.63, 3.8) is 0 Å². The van der Waals surface area contributed by atoms with E-state index in [2.05, 4.69) is 0 Å². The van der Waals surface area contributed by atoms with E-state index in [0.29, 0.717) is 5.56 Å². The maximum absolute atomic E-state index is 11.0. The first kappa shape index (κ1) is 12.5. The highest BCUT2D eigenvalue weighted by atomic mass is 32.1. The minimum Gasteiger partial charge on any atom is -0.507 e. The predicted molar refractivity (Wildman–Crippen MR) is 70.9 cm³/mol. The Morgan fingerprint density at radius 1 is 1.17 bits per heavy atom. The van der Waals surface area contributed by atoms with Gasteiger partial charge in [-0.05, 0) is 28.3 Å². The van der Waals surface area contributed by atoms with Crippen LogP contribution in [0.1, 0.15) is 5.56 Å². The van der Waals surface area contributed by atoms with Crippen LogP contribution < -0.4 is 0 Å². The minimum atomic E-state index is -1.59. The van der Waals surface area contributed by atoms with E-state index in [1.54, 1.807) is 11.4 Å². The van der Waals surface area contributed by atoms with Crippen LogP contribution in [0.4, 0.5) is 0 Å². The Hall–Kier alpha value is -1.92. The van der Waals surface area contributed by atoms with Crippen molar-refractivity contribution in [2.75, 3.05) is 0 Å². The number of thiophene rings is 2. The zero-order valence-electron chi connectivity index (χ0n) is 8.99. The fourth-order valence-corrected chi connectivity index (χ4v) is 3.02. The van der Waals surface area contributed by atoms with Gasteiger partial charge in [-0.2, -0.15) is 11.3 Å². The van der Waals surface area contributed by atoms with Crippen molar-refractivity contribution in [1.82, 2.24) is 0 Å². The summed E-state index contributed by atoms with van der Waals surface area (Å²) in [4.78, 5) is 22.2. The molecule has 0 aromatic carbocycles. The SMILES string of the molecule is O=C(O)C(=O)C=C(O)c1ccsc1-c1ccsc1. The fourth-order valence-electron chi connectivity index (χ4n) is 1.39. The molecule has 2 rings (SSSR count). The monoisotopic (exact) mass is 280 g/mol. The molecule has 2 heterocycles. The van der Waals surface area contributed by atoms with E-state index in [9.17, 15) is 14.7 Å². The summed E-state index contributed by atoms with van der Waals surface area (Å²) in [5.74, 6) is -3.06. The van der Waals surface area contributed by atoms with Gasteiger partial charge in [-0.1, -0.05) is 0 Å². The molecule has 18 heavy (non-hydrogen) atoms. The molecule has 0 saturated heterocycles. The smallest absolute Gasteiger partial charge is 0.376 e. The largest absolute Gasteiger partial charge is 0.507 e. The van der Waals surface area contributed by atoms with Crippen LogP contribution in [0.3, 0.4) is 0 Å². The minimum absolute atomic E-state index is 0.329. The zero-order valence-corrected chi connectivity index (χ0v) is 10.6. The first-order valence-corrected chi connectivity index (χ1v) is 6.70. The number of carbonyl (C=O) groups excluding carboxylic acids is 1. The summed E-state index contributed by atoms with van der Waals surface area (Å²) < 4.78 is 0. The molecule has 0 radical (unpaired) electrons. The molecule has 0 fully saturated rings. The van der Waals surface area contributed by atoms with Crippen molar-refractivity contribution < 1.29 is 19.8 Å². The van der Waals surface area contributed by atoms with Crippen molar-refractivity contribution >= 4 is 40.2 Å². The Morgan fingerprint density at radius 2 is 1.94 bits per heavy atom. The van der Waals surface area contributed by atoms with Crippen LogP contribution in [0, 0.1) is 0 Å². The second kappa shape index (κ2) is 5.16. The zero-order chi connectivity index (χ0) is 13.1. The van der Waals surface area contributed by atoms with E-state index in [4.69, 9.17) is 5.11 Å². The molecule has 0 saturated carbocycles. The molecule has 92 valence electrons. The lowest BCUT2D eigenvalue weighted by molar-refractivity contribution is -0.146. The number of rotatable bonds is 4. The number of carboxylic acid groups (broad SMARTS) is 1. The Balaban J connectivity index is 2.38. The van der Waals surface area contributed by atoms with Gasteiger partial charge in [0.2, 0.25) is 0 Å². The highest BCUT2D eigenvalue weighted by molar-refractivity contribution is 7.14. The molecular weight excluding hydrogens is 272 g/mol. The molecule has 0 spiro atoms. The maximum atomic E-state index is 11.0. The Labute approximate surface area is 110 Å². The van der Waals surface area contributed by atoms with E-state index in [-0.39, 0.29) is 5.76 Å². The number of carboxylic acids is 1. The van der Waals surface area contributed by atoms with Gasteiger partial charge >= 0.3 is 5.97 Å². The first-order valence-electron chi connectivity index (χ1n) is 4.88. The molecule has 0 unspecified atom stereocenters. The molecule has 2 aromatic rings. The lowest BCUT2D eigenvalue weighted by atomic mass is 10.1. The second-order valence-electron chi connectivity index (χ2n) is 3.37. The lowest BCUT2D eigenvalue weighted by Gasteiger charge is -2.00. The molecule has 0 bridgehead atoms. The third kappa shape index (κ3) is 2.49. The molecule has 0 aliphatic carbocycles. The Morgan fingerprint density at radius 3 is 2.56 bits per heavy atom. The summed E-state index contributed by atoms with van der Waals surface area (Å²) >= 11 is 2.94. The maximum Gasteiger partial charge on any atom is 0.376 e. The third-order valence-corrected chi connectivity index (χ3v) is 3.85. The highest BCUT2D eigenvalue weighted by Crippen LogP contribution is 2.34. The number of aliphatic hydroxyl groups excluding tert-OH is 1. The van der Waals surface area contributed by atoms with E-state index >= 15 is 0 Å². The molecule has 0 atom stereocenters. The number of ketones is 1. The third-order valence-electron chi connectivity index (χ3n) is 2.20. The molecule has 4 nitrogen and oxygen atoms in total. The summed E-state index contributed by atoms with van der Waals surface area (Å²) in [6, 6.07) is 3.55. The average Bonchev–Trinajstić information content (AvgIpc) is 2.99. The number of carbonyl (C=O) groups is 2. The Kier molecular flexibility index (Phi) is 3.59. The quantitative estimate of drug-likeness (QED) is 0.513. The number of aliphatic carboxylic acids is 1. The lowest BCUT2D eigenvalue weighted by Crippen LogP contribution is -2.09. The summed E-state index contributed by atoms with van der Waals surface area (Å²) in [7, 11) is 0. The topological polar surface area (TPSA) is 74.6 Å².